The van der Waals surface area contributed by atoms with Crippen molar-refractivity contribution in [2.75, 3.05) is 0 Å². The molecule has 2 aliphatic rings. The molecule has 0 unspecified atom stereocenters. The van der Waals surface area contributed by atoms with Gasteiger partial charge in [-0.1, -0.05) is 19.8 Å². The number of alkyl carbamates (subject to hydrolysis) is 1. The summed E-state index contributed by atoms with van der Waals surface area (Å²) in [5.41, 5.74) is 2.87. The number of carbonyl (C=O) groups excluding carboxylic acids is 3. The van der Waals surface area contributed by atoms with Gasteiger partial charge in [-0.25, -0.2) is 4.79 Å². The zero-order valence-electron chi connectivity index (χ0n) is 22.2. The highest BCUT2D eigenvalue weighted by Crippen LogP contribution is 2.49. The van der Waals surface area contributed by atoms with E-state index >= 15 is 0 Å². The van der Waals surface area contributed by atoms with Crippen molar-refractivity contribution in [2.45, 2.75) is 111 Å². The lowest BCUT2D eigenvalue weighted by atomic mass is 9.60. The third kappa shape index (κ3) is 6.72. The molecule has 1 amide bonds. The minimum absolute atomic E-state index is 0.0233. The number of hydrogen-bond acceptors (Lipinski definition) is 4. The molecule has 1 spiro atoms. The van der Waals surface area contributed by atoms with E-state index in [1.807, 2.05) is 60.6 Å². The minimum atomic E-state index is -0.665. The molecule has 0 aliphatic heterocycles. The molecule has 3 rings (SSSR count). The number of ketones is 2. The van der Waals surface area contributed by atoms with Crippen molar-refractivity contribution >= 4 is 17.7 Å². The molecule has 2 aliphatic carbocycles. The van der Waals surface area contributed by atoms with Crippen LogP contribution >= 0.6 is 0 Å². The van der Waals surface area contributed by atoms with Gasteiger partial charge in [0.2, 0.25) is 0 Å². The van der Waals surface area contributed by atoms with Crippen LogP contribution in [-0.2, 0) is 14.3 Å². The fourth-order valence-electron chi connectivity index (χ4n) is 5.36. The monoisotopic (exact) mass is 467 g/mol. The van der Waals surface area contributed by atoms with E-state index in [1.165, 1.54) is 0 Å². The van der Waals surface area contributed by atoms with Gasteiger partial charge in [0.05, 0.1) is 0 Å². The Kier molecular flexibility index (Phi) is 9.11. The van der Waals surface area contributed by atoms with Crippen LogP contribution in [0, 0.1) is 31.1 Å². The summed E-state index contributed by atoms with van der Waals surface area (Å²) in [5, 5.41) is 2.94. The Hall–Kier alpha value is -2.61. The second-order valence-electron chi connectivity index (χ2n) is 10.5. The van der Waals surface area contributed by atoms with Gasteiger partial charge in [0.15, 0.2) is 0 Å². The molecule has 2 saturated carbocycles. The SMILES string of the molecule is CC.CC#Cc1cc(C)c(C2C(=O)CC3(CCC(NC(=O)OC(C)(C)C)CC3)CC2=O)c(C)c1. The smallest absolute Gasteiger partial charge is 0.407 e. The molecule has 186 valence electrons. The van der Waals surface area contributed by atoms with Gasteiger partial charge < -0.3 is 10.1 Å². The van der Waals surface area contributed by atoms with Crippen LogP contribution in [0.2, 0.25) is 0 Å². The van der Waals surface area contributed by atoms with Gasteiger partial charge >= 0.3 is 6.09 Å². The highest BCUT2D eigenvalue weighted by atomic mass is 16.6. The highest BCUT2D eigenvalue weighted by molar-refractivity contribution is 6.10. The van der Waals surface area contributed by atoms with Crippen LogP contribution in [-0.4, -0.2) is 29.3 Å². The molecule has 0 bridgehead atoms. The minimum Gasteiger partial charge on any atom is -0.444 e. The normalized spacial score (nSPS) is 24.5. The molecule has 1 aromatic rings. The predicted molar refractivity (Wildman–Crippen MR) is 136 cm³/mol. The van der Waals surface area contributed by atoms with E-state index in [2.05, 4.69) is 17.2 Å². The molecule has 5 heteroatoms. The molecule has 1 aromatic carbocycles. The Morgan fingerprint density at radius 1 is 1.03 bits per heavy atom. The lowest BCUT2D eigenvalue weighted by Crippen LogP contribution is -2.46. The number of Topliss-reactive ketones (excluding diaryl/α,β-unsaturated/α-hetero) is 2. The number of benzene rings is 1. The lowest BCUT2D eigenvalue weighted by molar-refractivity contribution is -0.138. The number of rotatable bonds is 2. The van der Waals surface area contributed by atoms with Crippen LogP contribution in [0.3, 0.4) is 0 Å². The van der Waals surface area contributed by atoms with Crippen molar-refractivity contribution in [2.24, 2.45) is 5.41 Å². The summed E-state index contributed by atoms with van der Waals surface area (Å²) in [6.07, 6.45) is 3.49. The van der Waals surface area contributed by atoms with Crippen molar-refractivity contribution in [3.8, 4) is 11.8 Å². The van der Waals surface area contributed by atoms with E-state index in [0.29, 0.717) is 12.8 Å². The zero-order valence-corrected chi connectivity index (χ0v) is 22.2. The molecule has 0 saturated heterocycles. The van der Waals surface area contributed by atoms with E-state index in [0.717, 1.165) is 47.9 Å². The second kappa shape index (κ2) is 11.2. The number of aryl methyl sites for hydroxylation is 2. The second-order valence-corrected chi connectivity index (χ2v) is 10.5. The van der Waals surface area contributed by atoms with Crippen molar-refractivity contribution in [3.05, 3.63) is 34.4 Å². The quantitative estimate of drug-likeness (QED) is 0.417. The van der Waals surface area contributed by atoms with Crippen molar-refractivity contribution < 1.29 is 19.1 Å². The fraction of sp³-hybridized carbons (Fsp3) is 0.621. The molecule has 2 fully saturated rings. The zero-order chi connectivity index (χ0) is 25.7. The standard InChI is InChI=1S/C27H35NO4.C2H6/c1-7-8-19-13-17(2)23(18(3)14-19)24-21(29)15-27(16-22(24)30)11-9-20(10-12-27)28-25(31)32-26(4,5)6;1-2/h13-14,20,24H,9-12,15-16H2,1-6H3,(H,28,31);1-2H3. The molecular formula is C29H41NO4. The third-order valence-electron chi connectivity index (χ3n) is 6.66. The molecule has 1 N–H and O–H groups in total. The first-order valence-electron chi connectivity index (χ1n) is 12.5. The number of ether oxygens (including phenoxy) is 1. The van der Waals surface area contributed by atoms with Gasteiger partial charge in [-0.15, -0.1) is 5.92 Å². The Labute approximate surface area is 205 Å². The average Bonchev–Trinajstić information content (AvgIpc) is 2.72. The third-order valence-corrected chi connectivity index (χ3v) is 6.66. The van der Waals surface area contributed by atoms with E-state index < -0.39 is 17.6 Å². The summed E-state index contributed by atoms with van der Waals surface area (Å²) in [7, 11) is 0. The van der Waals surface area contributed by atoms with Crippen LogP contribution in [0.25, 0.3) is 0 Å². The van der Waals surface area contributed by atoms with E-state index in [-0.39, 0.29) is 23.0 Å². The molecule has 0 heterocycles. The first kappa shape index (κ1) is 27.6. The van der Waals surface area contributed by atoms with Crippen LogP contribution in [0.15, 0.2) is 12.1 Å². The summed E-state index contributed by atoms with van der Waals surface area (Å²) in [5.74, 6) is 5.35. The van der Waals surface area contributed by atoms with E-state index in [9.17, 15) is 14.4 Å². The maximum Gasteiger partial charge on any atom is 0.407 e. The van der Waals surface area contributed by atoms with Crippen molar-refractivity contribution in [3.63, 3.8) is 0 Å². The summed E-state index contributed by atoms with van der Waals surface area (Å²) in [6, 6.07) is 3.96. The van der Waals surface area contributed by atoms with Crippen LogP contribution < -0.4 is 5.32 Å². The van der Waals surface area contributed by atoms with E-state index in [4.69, 9.17) is 4.74 Å². The molecule has 5 nitrogen and oxygen atoms in total. The Balaban J connectivity index is 0.00000199. The number of nitrogens with one attached hydrogen (secondary N) is 1. The van der Waals surface area contributed by atoms with Crippen LogP contribution in [0.1, 0.15) is 108 Å². The molecule has 0 atom stereocenters. The predicted octanol–water partition coefficient (Wildman–Crippen LogP) is 6.17. The maximum absolute atomic E-state index is 13.3. The summed E-state index contributed by atoms with van der Waals surface area (Å²) >= 11 is 0. The Bertz CT molecular complexity index is 939. The molecule has 34 heavy (non-hydrogen) atoms. The lowest BCUT2D eigenvalue weighted by Gasteiger charge is -2.43. The van der Waals surface area contributed by atoms with Gasteiger partial charge in [-0.3, -0.25) is 9.59 Å². The Morgan fingerprint density at radius 2 is 1.53 bits per heavy atom. The summed E-state index contributed by atoms with van der Waals surface area (Å²) in [4.78, 5) is 38.6. The largest absolute Gasteiger partial charge is 0.444 e. The van der Waals surface area contributed by atoms with Gasteiger partial charge in [0.1, 0.15) is 23.1 Å². The van der Waals surface area contributed by atoms with Crippen LogP contribution in [0.5, 0.6) is 0 Å². The topological polar surface area (TPSA) is 72.5 Å². The number of hydrogen-bond donors (Lipinski definition) is 1. The van der Waals surface area contributed by atoms with Crippen molar-refractivity contribution in [1.82, 2.24) is 5.32 Å². The first-order chi connectivity index (χ1) is 15.9. The van der Waals surface area contributed by atoms with E-state index in [1.54, 1.807) is 6.92 Å². The first-order valence-corrected chi connectivity index (χ1v) is 12.5. The maximum atomic E-state index is 13.3. The van der Waals surface area contributed by atoms with Crippen molar-refractivity contribution in [1.29, 1.82) is 0 Å². The summed E-state index contributed by atoms with van der Waals surface area (Å²) < 4.78 is 5.35. The summed E-state index contributed by atoms with van der Waals surface area (Å²) in [6.45, 7) is 15.2. The fourth-order valence-corrected chi connectivity index (χ4v) is 5.36. The molecule has 0 aromatic heterocycles. The Morgan fingerprint density at radius 3 is 1.97 bits per heavy atom. The van der Waals surface area contributed by atoms with Gasteiger partial charge in [-0.2, -0.15) is 0 Å². The van der Waals surface area contributed by atoms with Gasteiger partial charge in [0.25, 0.3) is 0 Å². The number of amides is 1. The van der Waals surface area contributed by atoms with Gasteiger partial charge in [-0.05, 0) is 101 Å². The molecular weight excluding hydrogens is 426 g/mol. The highest BCUT2D eigenvalue weighted by Gasteiger charge is 2.47. The molecule has 0 radical (unpaired) electrons. The average molecular weight is 468 g/mol. The number of carbonyl (C=O) groups is 3. The van der Waals surface area contributed by atoms with Crippen LogP contribution in [0.4, 0.5) is 4.79 Å². The van der Waals surface area contributed by atoms with Gasteiger partial charge in [0, 0.05) is 24.4 Å².